The Morgan fingerprint density at radius 1 is 1.60 bits per heavy atom. The van der Waals surface area contributed by atoms with Gasteiger partial charge in [0.1, 0.15) is 18.0 Å². The van der Waals surface area contributed by atoms with Gasteiger partial charge in [-0.3, -0.25) is 0 Å². The number of carbonyl (C=O) groups is 1. The maximum absolute atomic E-state index is 10.6. The first-order valence-electron chi connectivity index (χ1n) is 4.78. The van der Waals surface area contributed by atoms with Gasteiger partial charge in [-0.1, -0.05) is 19.1 Å². The normalized spacial score (nSPS) is 11.5. The van der Waals surface area contributed by atoms with Gasteiger partial charge >= 0.3 is 0 Å². The average molecular weight is 203 g/mol. The lowest BCUT2D eigenvalue weighted by Gasteiger charge is -2.09. The van der Waals surface area contributed by atoms with Crippen molar-refractivity contribution in [3.63, 3.8) is 0 Å². The molecule has 0 aliphatic heterocycles. The number of rotatable bonds is 4. The Labute approximate surface area is 89.3 Å². The van der Waals surface area contributed by atoms with Crippen molar-refractivity contribution in [1.29, 1.82) is 5.26 Å². The van der Waals surface area contributed by atoms with Gasteiger partial charge in [-0.05, 0) is 23.6 Å². The molecule has 3 heteroatoms. The third kappa shape index (κ3) is 2.35. The van der Waals surface area contributed by atoms with Gasteiger partial charge in [0.15, 0.2) is 0 Å². The topological polar surface area (TPSA) is 50.1 Å². The summed E-state index contributed by atoms with van der Waals surface area (Å²) in [6, 6.07) is 7.34. The van der Waals surface area contributed by atoms with Crippen LogP contribution in [0.3, 0.4) is 0 Å². The van der Waals surface area contributed by atoms with Crippen molar-refractivity contribution in [2.75, 3.05) is 7.11 Å². The number of aryl methyl sites for hydroxylation is 1. The highest BCUT2D eigenvalue weighted by Gasteiger charge is 2.11. The predicted molar refractivity (Wildman–Crippen MR) is 56.8 cm³/mol. The SMILES string of the molecule is CCc1cc(C(C#N)C=O)ccc1OC. The molecule has 0 bridgehead atoms. The molecule has 1 atom stereocenters. The van der Waals surface area contributed by atoms with Gasteiger partial charge in [-0.25, -0.2) is 0 Å². The number of methoxy groups -OCH3 is 1. The molecule has 0 aliphatic rings. The quantitative estimate of drug-likeness (QED) is 0.704. The Hall–Kier alpha value is -1.82. The number of nitriles is 1. The highest BCUT2D eigenvalue weighted by Crippen LogP contribution is 2.23. The van der Waals surface area contributed by atoms with Gasteiger partial charge in [0.05, 0.1) is 13.2 Å². The molecule has 0 N–H and O–H groups in total. The molecule has 78 valence electrons. The van der Waals surface area contributed by atoms with Crippen LogP contribution in [0, 0.1) is 11.3 Å². The Kier molecular flexibility index (Phi) is 3.87. The fourth-order valence-electron chi connectivity index (χ4n) is 1.45. The maximum atomic E-state index is 10.6. The van der Waals surface area contributed by atoms with Crippen molar-refractivity contribution in [1.82, 2.24) is 0 Å². The number of benzene rings is 1. The van der Waals surface area contributed by atoms with Crippen LogP contribution in [0.25, 0.3) is 0 Å². The second kappa shape index (κ2) is 5.16. The number of aldehydes is 1. The Balaban J connectivity index is 3.13. The highest BCUT2D eigenvalue weighted by atomic mass is 16.5. The van der Waals surface area contributed by atoms with E-state index in [2.05, 4.69) is 0 Å². The molecule has 0 heterocycles. The fourth-order valence-corrected chi connectivity index (χ4v) is 1.45. The number of nitrogens with zero attached hydrogens (tertiary/aromatic N) is 1. The van der Waals surface area contributed by atoms with Crippen LogP contribution in [0.1, 0.15) is 24.0 Å². The van der Waals surface area contributed by atoms with Crippen LogP contribution in [0.15, 0.2) is 18.2 Å². The minimum Gasteiger partial charge on any atom is -0.496 e. The van der Waals surface area contributed by atoms with Crippen LogP contribution in [0.2, 0.25) is 0 Å². The smallest absolute Gasteiger partial charge is 0.141 e. The summed E-state index contributed by atoms with van der Waals surface area (Å²) in [5.74, 6) is 0.116. The molecule has 1 aromatic carbocycles. The van der Waals surface area contributed by atoms with Crippen LogP contribution in [-0.4, -0.2) is 13.4 Å². The summed E-state index contributed by atoms with van der Waals surface area (Å²) in [6.45, 7) is 2.00. The van der Waals surface area contributed by atoms with Gasteiger partial charge in [0, 0.05) is 0 Å². The van der Waals surface area contributed by atoms with Crippen molar-refractivity contribution < 1.29 is 9.53 Å². The van der Waals surface area contributed by atoms with Crippen LogP contribution < -0.4 is 4.74 Å². The molecule has 3 nitrogen and oxygen atoms in total. The third-order valence-electron chi connectivity index (χ3n) is 2.32. The molecule has 1 aromatic rings. The van der Waals surface area contributed by atoms with Crippen molar-refractivity contribution in [2.45, 2.75) is 19.3 Å². The zero-order chi connectivity index (χ0) is 11.3. The first-order chi connectivity index (χ1) is 7.26. The van der Waals surface area contributed by atoms with Gasteiger partial charge in [-0.2, -0.15) is 5.26 Å². The summed E-state index contributed by atoms with van der Waals surface area (Å²) in [4.78, 5) is 10.6. The fraction of sp³-hybridized carbons (Fsp3) is 0.333. The standard InChI is InChI=1S/C12H13NO2/c1-3-9-6-10(11(7-13)8-14)4-5-12(9)15-2/h4-6,8,11H,3H2,1-2H3. The van der Waals surface area contributed by atoms with Crippen LogP contribution in [-0.2, 0) is 11.2 Å². The summed E-state index contributed by atoms with van der Waals surface area (Å²) in [5.41, 5.74) is 1.74. The maximum Gasteiger partial charge on any atom is 0.141 e. The molecular formula is C12H13NO2. The number of hydrogen-bond donors (Lipinski definition) is 0. The monoisotopic (exact) mass is 203 g/mol. The Morgan fingerprint density at radius 3 is 2.80 bits per heavy atom. The molecular weight excluding hydrogens is 190 g/mol. The summed E-state index contributed by atoms with van der Waals surface area (Å²) in [6.07, 6.45) is 1.47. The van der Waals surface area contributed by atoms with Crippen molar-refractivity contribution in [2.24, 2.45) is 0 Å². The van der Waals surface area contributed by atoms with Gasteiger partial charge in [0.25, 0.3) is 0 Å². The number of ether oxygens (including phenoxy) is 1. The Morgan fingerprint density at radius 2 is 2.33 bits per heavy atom. The van der Waals surface area contributed by atoms with Crippen LogP contribution in [0.4, 0.5) is 0 Å². The molecule has 0 fully saturated rings. The lowest BCUT2D eigenvalue weighted by atomic mass is 9.98. The van der Waals surface area contributed by atoms with Gasteiger partial charge in [0.2, 0.25) is 0 Å². The van der Waals surface area contributed by atoms with Gasteiger partial charge < -0.3 is 9.53 Å². The first kappa shape index (κ1) is 11.3. The molecule has 0 saturated heterocycles. The molecule has 1 unspecified atom stereocenters. The van der Waals surface area contributed by atoms with Crippen molar-refractivity contribution >= 4 is 6.29 Å². The molecule has 1 rings (SSSR count). The molecule has 15 heavy (non-hydrogen) atoms. The molecule has 0 radical (unpaired) electrons. The van der Waals surface area contributed by atoms with Crippen molar-refractivity contribution in [3.8, 4) is 11.8 Å². The molecule has 0 spiro atoms. The van der Waals surface area contributed by atoms with E-state index >= 15 is 0 Å². The lowest BCUT2D eigenvalue weighted by molar-refractivity contribution is -0.108. The second-order valence-corrected chi connectivity index (χ2v) is 3.17. The first-order valence-corrected chi connectivity index (χ1v) is 4.78. The van der Waals surface area contributed by atoms with E-state index in [9.17, 15) is 4.79 Å². The third-order valence-corrected chi connectivity index (χ3v) is 2.32. The minimum atomic E-state index is -0.679. The molecule has 0 aliphatic carbocycles. The largest absolute Gasteiger partial charge is 0.496 e. The van der Waals surface area contributed by atoms with E-state index in [-0.39, 0.29) is 0 Å². The van der Waals surface area contributed by atoms with E-state index in [1.54, 1.807) is 19.2 Å². The summed E-state index contributed by atoms with van der Waals surface area (Å²) < 4.78 is 5.17. The zero-order valence-electron chi connectivity index (χ0n) is 8.86. The van der Waals surface area contributed by atoms with E-state index in [1.165, 1.54) is 0 Å². The predicted octanol–water partition coefficient (Wildman–Crippen LogP) is 2.06. The molecule has 0 amide bonds. The van der Waals surface area contributed by atoms with E-state index in [4.69, 9.17) is 10.00 Å². The van der Waals surface area contributed by atoms with Crippen LogP contribution >= 0.6 is 0 Å². The van der Waals surface area contributed by atoms with E-state index in [0.29, 0.717) is 6.29 Å². The molecule has 0 aromatic heterocycles. The summed E-state index contributed by atoms with van der Waals surface area (Å²) in [7, 11) is 1.61. The summed E-state index contributed by atoms with van der Waals surface area (Å²) in [5, 5.41) is 8.76. The van der Waals surface area contributed by atoms with Crippen molar-refractivity contribution in [3.05, 3.63) is 29.3 Å². The van der Waals surface area contributed by atoms with E-state index in [0.717, 1.165) is 23.3 Å². The molecule has 0 saturated carbocycles. The highest BCUT2D eigenvalue weighted by molar-refractivity contribution is 5.67. The minimum absolute atomic E-state index is 0.654. The van der Waals surface area contributed by atoms with E-state index in [1.807, 2.05) is 19.1 Å². The lowest BCUT2D eigenvalue weighted by Crippen LogP contribution is -1.99. The Bertz CT molecular complexity index is 393. The van der Waals surface area contributed by atoms with E-state index < -0.39 is 5.92 Å². The number of carbonyl (C=O) groups excluding carboxylic acids is 1. The zero-order valence-corrected chi connectivity index (χ0v) is 8.86. The second-order valence-electron chi connectivity index (χ2n) is 3.17. The van der Waals surface area contributed by atoms with Crippen LogP contribution in [0.5, 0.6) is 5.75 Å². The average Bonchev–Trinajstić information content (AvgIpc) is 2.30. The van der Waals surface area contributed by atoms with Gasteiger partial charge in [-0.15, -0.1) is 0 Å². The number of hydrogen-bond acceptors (Lipinski definition) is 3. The summed E-state index contributed by atoms with van der Waals surface area (Å²) >= 11 is 0.